The highest BCUT2D eigenvalue weighted by Gasteiger charge is 2.54. The fraction of sp³-hybridized carbons (Fsp3) is 0.514. The van der Waals surface area contributed by atoms with E-state index in [1.54, 1.807) is 18.0 Å². The predicted molar refractivity (Wildman–Crippen MR) is 177 cm³/mol. The van der Waals surface area contributed by atoms with Gasteiger partial charge in [-0.15, -0.1) is 0 Å². The Hall–Kier alpha value is -4.32. The standard InChI is InChI=1S/C35H44FN7O4.H2/c1-5-43(23(2)3)34(45)27-15-25(36)7-8-30(27)47-32-18-37-22-40-33(32)42-20-35(21-42)16-26(17-35)46-31-9-12-39-29-10-14-41(19-28(29)31)13-6-11-38-24(4)44;/h7-9,12,15,18,22-23,26H,5-6,10-11,13-14,16-17,19-21H2,1-4H3,(H,38,44);1H. The molecule has 1 N–H and O–H groups in total. The third-order valence-corrected chi connectivity index (χ3v) is 9.42. The van der Waals surface area contributed by atoms with E-state index in [2.05, 4.69) is 30.1 Å². The Morgan fingerprint density at radius 1 is 1.17 bits per heavy atom. The molecule has 2 amide bonds. The molecule has 4 heterocycles. The van der Waals surface area contributed by atoms with Crippen LogP contribution in [-0.2, 0) is 17.8 Å². The predicted octanol–water partition coefficient (Wildman–Crippen LogP) is 4.85. The Labute approximate surface area is 277 Å². The SMILES string of the molecule is CCN(C(=O)c1cc(F)ccc1Oc1cncnc1N1CC2(CC(Oc3ccnc4c3CN(CCCNC(C)=O)CC4)C2)C1)C(C)C.[HH]. The summed E-state index contributed by atoms with van der Waals surface area (Å²) in [6, 6.07) is 5.95. The number of pyridine rings is 1. The van der Waals surface area contributed by atoms with Gasteiger partial charge in [0.2, 0.25) is 5.91 Å². The first-order valence-electron chi connectivity index (χ1n) is 16.6. The Kier molecular flexibility index (Phi) is 9.58. The van der Waals surface area contributed by atoms with Gasteiger partial charge in [-0.1, -0.05) is 0 Å². The number of aromatic nitrogens is 3. The molecule has 2 aliphatic heterocycles. The summed E-state index contributed by atoms with van der Waals surface area (Å²) in [5, 5.41) is 2.87. The van der Waals surface area contributed by atoms with Gasteiger partial charge < -0.3 is 24.6 Å². The molecule has 1 saturated carbocycles. The van der Waals surface area contributed by atoms with E-state index in [-0.39, 0.29) is 42.1 Å². The summed E-state index contributed by atoms with van der Waals surface area (Å²) in [6.07, 6.45) is 8.75. The Morgan fingerprint density at radius 2 is 1.98 bits per heavy atom. The van der Waals surface area contributed by atoms with E-state index in [0.29, 0.717) is 24.7 Å². The normalized spacial score (nSPS) is 17.1. The van der Waals surface area contributed by atoms with Gasteiger partial charge in [-0.3, -0.25) is 19.5 Å². The Bertz CT molecular complexity index is 1610. The second kappa shape index (κ2) is 13.8. The van der Waals surface area contributed by atoms with Crippen molar-refractivity contribution in [3.8, 4) is 17.2 Å². The molecule has 1 aromatic carbocycles. The lowest BCUT2D eigenvalue weighted by molar-refractivity contribution is -0.118. The van der Waals surface area contributed by atoms with Crippen LogP contribution < -0.4 is 19.7 Å². The molecule has 1 spiro atoms. The van der Waals surface area contributed by atoms with Gasteiger partial charge in [0.15, 0.2) is 11.6 Å². The van der Waals surface area contributed by atoms with Crippen LogP contribution in [0.15, 0.2) is 43.0 Å². The van der Waals surface area contributed by atoms with Crippen LogP contribution in [0.4, 0.5) is 10.2 Å². The lowest BCUT2D eigenvalue weighted by Crippen LogP contribution is -2.65. The molecular weight excluding hydrogens is 601 g/mol. The second-order valence-corrected chi connectivity index (χ2v) is 13.2. The average Bonchev–Trinajstić information content (AvgIpc) is 3.01. The minimum Gasteiger partial charge on any atom is -0.490 e. The summed E-state index contributed by atoms with van der Waals surface area (Å²) in [5.74, 6) is 1.48. The van der Waals surface area contributed by atoms with E-state index in [9.17, 15) is 14.0 Å². The van der Waals surface area contributed by atoms with Crippen LogP contribution in [0.3, 0.4) is 0 Å². The number of ether oxygens (including phenoxy) is 2. The quantitative estimate of drug-likeness (QED) is 0.276. The van der Waals surface area contributed by atoms with Crippen molar-refractivity contribution in [3.05, 3.63) is 65.6 Å². The lowest BCUT2D eigenvalue weighted by Gasteiger charge is -2.59. The maximum atomic E-state index is 14.3. The van der Waals surface area contributed by atoms with Crippen molar-refractivity contribution >= 4 is 17.6 Å². The first-order chi connectivity index (χ1) is 22.6. The first-order valence-corrected chi connectivity index (χ1v) is 16.6. The maximum absolute atomic E-state index is 14.3. The fourth-order valence-electron chi connectivity index (χ4n) is 7.07. The summed E-state index contributed by atoms with van der Waals surface area (Å²) >= 11 is 0. The van der Waals surface area contributed by atoms with Gasteiger partial charge in [0.1, 0.15) is 29.7 Å². The van der Waals surface area contributed by atoms with E-state index < -0.39 is 5.82 Å². The van der Waals surface area contributed by atoms with Gasteiger partial charge in [0.25, 0.3) is 5.91 Å². The molecule has 3 aromatic rings. The number of nitrogens with zero attached hydrogens (tertiary/aromatic N) is 6. The monoisotopic (exact) mass is 647 g/mol. The number of amides is 2. The molecule has 0 radical (unpaired) electrons. The van der Waals surface area contributed by atoms with Gasteiger partial charge in [-0.05, 0) is 64.3 Å². The molecule has 3 aliphatic rings. The van der Waals surface area contributed by atoms with Gasteiger partial charge in [0.05, 0.1) is 11.8 Å². The van der Waals surface area contributed by atoms with Gasteiger partial charge >= 0.3 is 0 Å². The van der Waals surface area contributed by atoms with Crippen molar-refractivity contribution in [3.63, 3.8) is 0 Å². The van der Waals surface area contributed by atoms with Crippen molar-refractivity contribution in [1.29, 1.82) is 0 Å². The van der Waals surface area contributed by atoms with E-state index in [4.69, 9.17) is 9.47 Å². The van der Waals surface area contributed by atoms with E-state index in [0.717, 1.165) is 69.9 Å². The lowest BCUT2D eigenvalue weighted by atomic mass is 9.61. The number of hydrogen-bond donors (Lipinski definition) is 1. The highest BCUT2D eigenvalue weighted by molar-refractivity contribution is 5.97. The highest BCUT2D eigenvalue weighted by atomic mass is 19.1. The molecule has 2 aromatic heterocycles. The third kappa shape index (κ3) is 7.17. The molecule has 0 unspecified atom stereocenters. The maximum Gasteiger partial charge on any atom is 0.257 e. The number of carbonyl (C=O) groups is 2. The van der Waals surface area contributed by atoms with Crippen LogP contribution >= 0.6 is 0 Å². The topological polar surface area (TPSA) is 113 Å². The van der Waals surface area contributed by atoms with Gasteiger partial charge in [-0.2, -0.15) is 0 Å². The first kappa shape index (κ1) is 32.6. The average molecular weight is 648 g/mol. The molecule has 2 fully saturated rings. The van der Waals surface area contributed by atoms with Crippen molar-refractivity contribution in [2.75, 3.05) is 44.2 Å². The number of fused-ring (bicyclic) bond motifs is 1. The second-order valence-electron chi connectivity index (χ2n) is 13.2. The van der Waals surface area contributed by atoms with Crippen LogP contribution in [0.25, 0.3) is 0 Å². The molecule has 12 heteroatoms. The molecule has 47 heavy (non-hydrogen) atoms. The van der Waals surface area contributed by atoms with E-state index in [1.165, 1.54) is 30.1 Å². The van der Waals surface area contributed by atoms with Gasteiger partial charge in [-0.25, -0.2) is 14.4 Å². The van der Waals surface area contributed by atoms with Gasteiger partial charge in [0, 0.05) is 89.5 Å². The molecule has 0 atom stereocenters. The summed E-state index contributed by atoms with van der Waals surface area (Å²) in [7, 11) is 0. The summed E-state index contributed by atoms with van der Waals surface area (Å²) in [4.78, 5) is 44.1. The molecule has 252 valence electrons. The molecule has 1 aliphatic carbocycles. The van der Waals surface area contributed by atoms with Crippen LogP contribution in [-0.4, -0.2) is 88.0 Å². The van der Waals surface area contributed by atoms with E-state index >= 15 is 0 Å². The van der Waals surface area contributed by atoms with Crippen LogP contribution in [0.1, 0.15) is 70.0 Å². The number of anilines is 1. The molecule has 11 nitrogen and oxygen atoms in total. The Morgan fingerprint density at radius 3 is 2.72 bits per heavy atom. The van der Waals surface area contributed by atoms with Crippen molar-refractivity contribution in [2.45, 2.75) is 72.1 Å². The van der Waals surface area contributed by atoms with Crippen molar-refractivity contribution < 1.29 is 24.9 Å². The third-order valence-electron chi connectivity index (χ3n) is 9.42. The number of hydrogen-bond acceptors (Lipinski definition) is 9. The number of rotatable bonds is 12. The number of nitrogens with one attached hydrogen (secondary N) is 1. The molecule has 0 bridgehead atoms. The number of carbonyl (C=O) groups excluding carboxylic acids is 2. The van der Waals surface area contributed by atoms with Crippen LogP contribution in [0.5, 0.6) is 17.2 Å². The molecule has 1 saturated heterocycles. The smallest absolute Gasteiger partial charge is 0.257 e. The molecular formula is C35H46FN7O4. The minimum absolute atomic E-state index is 0. The van der Waals surface area contributed by atoms with Crippen LogP contribution in [0, 0.1) is 11.2 Å². The zero-order valence-electron chi connectivity index (χ0n) is 27.7. The van der Waals surface area contributed by atoms with E-state index in [1.807, 2.05) is 33.0 Å². The van der Waals surface area contributed by atoms with Crippen LogP contribution in [0.2, 0.25) is 0 Å². The highest BCUT2D eigenvalue weighted by Crippen LogP contribution is 2.52. The fourth-order valence-corrected chi connectivity index (χ4v) is 7.07. The zero-order chi connectivity index (χ0) is 33.1. The summed E-state index contributed by atoms with van der Waals surface area (Å²) in [6.45, 7) is 12.8. The molecule has 6 rings (SSSR count). The number of benzene rings is 1. The number of halogens is 1. The van der Waals surface area contributed by atoms with Crippen molar-refractivity contribution in [2.24, 2.45) is 5.41 Å². The van der Waals surface area contributed by atoms with Crippen molar-refractivity contribution in [1.82, 2.24) is 30.1 Å². The Balaban J connectivity index is 0.00000451. The zero-order valence-corrected chi connectivity index (χ0v) is 27.7. The summed E-state index contributed by atoms with van der Waals surface area (Å²) < 4.78 is 27.1. The summed E-state index contributed by atoms with van der Waals surface area (Å²) in [5.41, 5.74) is 2.59. The largest absolute Gasteiger partial charge is 0.490 e. The minimum atomic E-state index is -0.500.